The molecule has 0 saturated carbocycles. The lowest BCUT2D eigenvalue weighted by Gasteiger charge is -2.15. The summed E-state index contributed by atoms with van der Waals surface area (Å²) in [6.45, 7) is 0. The summed E-state index contributed by atoms with van der Waals surface area (Å²) in [5.41, 5.74) is 3.78. The van der Waals surface area contributed by atoms with Crippen molar-refractivity contribution in [3.8, 4) is 0 Å². The highest BCUT2D eigenvalue weighted by Crippen LogP contribution is 2.68. The highest BCUT2D eigenvalue weighted by atomic mass is 33.1. The van der Waals surface area contributed by atoms with Gasteiger partial charge in [-0.1, -0.05) is 59.2 Å². The number of hydrogen-bond donors (Lipinski definition) is 2. The van der Waals surface area contributed by atoms with Gasteiger partial charge in [0.2, 0.25) is 0 Å². The molecule has 0 unspecified atom stereocenters. The molecule has 5 heteroatoms. The van der Waals surface area contributed by atoms with Crippen LogP contribution in [0.5, 0.6) is 0 Å². The zero-order chi connectivity index (χ0) is 12.1. The molecule has 0 radical (unpaired) electrons. The lowest BCUT2D eigenvalue weighted by Crippen LogP contribution is -1.84. The predicted molar refractivity (Wildman–Crippen MR) is 78.4 cm³/mol. The Morgan fingerprint density at radius 3 is 1.47 bits per heavy atom. The maximum Gasteiger partial charge on any atom is 0.141 e. The number of nitrogens with two attached hydrogens (primary N) is 1. The molecule has 2 aromatic rings. The van der Waals surface area contributed by atoms with Crippen molar-refractivity contribution in [3.63, 3.8) is 0 Å². The maximum atomic E-state index is 8.22. The number of hydrogen-bond acceptors (Lipinski definition) is 3. The van der Waals surface area contributed by atoms with Gasteiger partial charge in [0.1, 0.15) is 5.61 Å². The molecule has 2 nitrogen and oxygen atoms in total. The van der Waals surface area contributed by atoms with Crippen molar-refractivity contribution in [2.45, 2.75) is 9.79 Å². The Balaban J connectivity index is 2.07. The first-order valence-corrected chi connectivity index (χ1v) is 9.78. The van der Waals surface area contributed by atoms with Crippen LogP contribution in [-0.2, 0) is 0 Å². The van der Waals surface area contributed by atoms with Crippen LogP contribution >= 0.6 is 28.4 Å². The maximum absolute atomic E-state index is 8.22. The highest BCUT2D eigenvalue weighted by Gasteiger charge is 2.14. The molecule has 88 valence electrons. The van der Waals surface area contributed by atoms with Gasteiger partial charge in [0.15, 0.2) is 0 Å². The van der Waals surface area contributed by atoms with Crippen molar-refractivity contribution in [3.05, 3.63) is 60.7 Å². The Hall–Kier alpha value is -0.670. The van der Waals surface area contributed by atoms with Gasteiger partial charge in [0, 0.05) is 9.79 Å². The largest absolute Gasteiger partial charge is 0.285 e. The van der Waals surface area contributed by atoms with E-state index in [1.54, 1.807) is 0 Å². The molecular formula is C12H13N2PS2. The van der Waals surface area contributed by atoms with E-state index in [1.807, 2.05) is 60.7 Å². The number of benzene rings is 2. The molecule has 0 aliphatic rings. The van der Waals surface area contributed by atoms with Gasteiger partial charge in [-0.15, -0.1) is 0 Å². The van der Waals surface area contributed by atoms with Crippen molar-refractivity contribution in [1.82, 2.24) is 0 Å². The van der Waals surface area contributed by atoms with Crippen molar-refractivity contribution < 1.29 is 0 Å². The van der Waals surface area contributed by atoms with Crippen LogP contribution in [0.15, 0.2) is 70.5 Å². The van der Waals surface area contributed by atoms with E-state index in [9.17, 15) is 0 Å². The summed E-state index contributed by atoms with van der Waals surface area (Å²) >= 11 is 2.92. The molecule has 0 fully saturated rings. The average molecular weight is 280 g/mol. The number of rotatable bonds is 4. The summed E-state index contributed by atoms with van der Waals surface area (Å²) in [5.74, 6) is 0. The minimum absolute atomic E-state index is 1.06. The fourth-order valence-electron chi connectivity index (χ4n) is 1.29. The minimum atomic E-state index is -2.30. The van der Waals surface area contributed by atoms with Crippen LogP contribution in [0.3, 0.4) is 0 Å². The number of nitrogens with one attached hydrogen (secondary N) is 1. The van der Waals surface area contributed by atoms with Gasteiger partial charge in [0.25, 0.3) is 0 Å². The van der Waals surface area contributed by atoms with Crippen LogP contribution in [0, 0.1) is 5.16 Å². The van der Waals surface area contributed by atoms with Crippen molar-refractivity contribution >= 4 is 28.4 Å². The van der Waals surface area contributed by atoms with E-state index in [1.165, 1.54) is 22.8 Å². The summed E-state index contributed by atoms with van der Waals surface area (Å²) in [4.78, 5) is 2.11. The quantitative estimate of drug-likeness (QED) is 0.770. The molecule has 0 saturated heterocycles. The van der Waals surface area contributed by atoms with Crippen LogP contribution in [-0.4, -0.2) is 0 Å². The summed E-state index contributed by atoms with van der Waals surface area (Å²) in [6.07, 6.45) is 0. The molecule has 0 atom stereocenters. The molecule has 0 bridgehead atoms. The van der Waals surface area contributed by atoms with E-state index >= 15 is 0 Å². The Labute approximate surface area is 109 Å². The molecule has 0 amide bonds. The summed E-state index contributed by atoms with van der Waals surface area (Å²) in [6, 6.07) is 19.8. The molecule has 0 aromatic heterocycles. The molecule has 0 heterocycles. The third-order valence-corrected chi connectivity index (χ3v) is 7.71. The van der Waals surface area contributed by atoms with Crippen LogP contribution in [0.25, 0.3) is 0 Å². The Morgan fingerprint density at radius 1 is 0.765 bits per heavy atom. The smallest absolute Gasteiger partial charge is 0.141 e. The molecule has 3 N–H and O–H groups in total. The molecular weight excluding hydrogens is 267 g/mol. The molecule has 2 aromatic carbocycles. The van der Waals surface area contributed by atoms with Crippen LogP contribution in [0.1, 0.15) is 0 Å². The minimum Gasteiger partial charge on any atom is -0.285 e. The SMILES string of the molecule is N=P(N)(Sc1ccccc1)Sc1ccccc1. The van der Waals surface area contributed by atoms with Crippen molar-refractivity contribution in [1.29, 1.82) is 5.16 Å². The average Bonchev–Trinajstić information content (AvgIpc) is 2.30. The summed E-state index contributed by atoms with van der Waals surface area (Å²) in [7, 11) is 0. The first-order chi connectivity index (χ1) is 8.16. The van der Waals surface area contributed by atoms with Crippen LogP contribution < -0.4 is 5.50 Å². The van der Waals surface area contributed by atoms with E-state index in [4.69, 9.17) is 10.7 Å². The first-order valence-electron chi connectivity index (χ1n) is 5.08. The topological polar surface area (TPSA) is 49.9 Å². The highest BCUT2D eigenvalue weighted by molar-refractivity contribution is 8.90. The second-order valence-corrected chi connectivity index (χ2v) is 11.2. The van der Waals surface area contributed by atoms with Crippen LogP contribution in [0.2, 0.25) is 0 Å². The summed E-state index contributed by atoms with van der Waals surface area (Å²) in [5, 5.41) is 8.22. The molecule has 2 rings (SSSR count). The normalized spacial score (nSPS) is 11.4. The third kappa shape index (κ3) is 4.25. The molecule has 0 aliphatic heterocycles. The van der Waals surface area contributed by atoms with Gasteiger partial charge in [-0.05, 0) is 24.3 Å². The second kappa shape index (κ2) is 5.78. The predicted octanol–water partition coefficient (Wildman–Crippen LogP) is 5.05. The van der Waals surface area contributed by atoms with Gasteiger partial charge in [-0.2, -0.15) is 0 Å². The van der Waals surface area contributed by atoms with Crippen molar-refractivity contribution in [2.75, 3.05) is 0 Å². The first kappa shape index (κ1) is 12.8. The van der Waals surface area contributed by atoms with Gasteiger partial charge in [0.05, 0.1) is 0 Å². The Morgan fingerprint density at radius 2 is 1.12 bits per heavy atom. The summed E-state index contributed by atoms with van der Waals surface area (Å²) < 4.78 is 0. The van der Waals surface area contributed by atoms with E-state index in [0.717, 1.165) is 9.79 Å². The second-order valence-electron chi connectivity index (χ2n) is 3.41. The molecule has 0 aliphatic carbocycles. The van der Waals surface area contributed by atoms with E-state index in [-0.39, 0.29) is 0 Å². The van der Waals surface area contributed by atoms with Gasteiger partial charge in [-0.3, -0.25) is 10.7 Å². The van der Waals surface area contributed by atoms with E-state index in [2.05, 4.69) is 0 Å². The van der Waals surface area contributed by atoms with Gasteiger partial charge in [-0.25, -0.2) is 0 Å². The molecule has 17 heavy (non-hydrogen) atoms. The third-order valence-electron chi connectivity index (χ3n) is 1.97. The van der Waals surface area contributed by atoms with E-state index in [0.29, 0.717) is 0 Å². The van der Waals surface area contributed by atoms with Crippen LogP contribution in [0.4, 0.5) is 0 Å². The Kier molecular flexibility index (Phi) is 4.35. The lowest BCUT2D eigenvalue weighted by molar-refractivity contribution is 1.47. The monoisotopic (exact) mass is 280 g/mol. The van der Waals surface area contributed by atoms with Gasteiger partial charge < -0.3 is 0 Å². The Bertz CT molecular complexity index is 471. The van der Waals surface area contributed by atoms with E-state index < -0.39 is 5.61 Å². The standard InChI is InChI=1S/C12H13N2PS2/c13-15(14,16-11-7-3-1-4-8-11)17-12-9-5-2-6-10-12/h1-10H,(H3,13,14). The zero-order valence-corrected chi connectivity index (χ0v) is 11.6. The van der Waals surface area contributed by atoms with Gasteiger partial charge >= 0.3 is 0 Å². The fraction of sp³-hybridized carbons (Fsp3) is 0. The zero-order valence-electron chi connectivity index (χ0n) is 9.11. The van der Waals surface area contributed by atoms with Crippen molar-refractivity contribution in [2.24, 2.45) is 5.50 Å². The fourth-order valence-corrected chi connectivity index (χ4v) is 7.12. The lowest BCUT2D eigenvalue weighted by atomic mass is 10.4. The molecule has 0 spiro atoms.